The van der Waals surface area contributed by atoms with E-state index in [2.05, 4.69) is 14.9 Å². The van der Waals surface area contributed by atoms with E-state index in [0.717, 1.165) is 18.9 Å². The predicted octanol–water partition coefficient (Wildman–Crippen LogP) is 2.74. The van der Waals surface area contributed by atoms with Crippen LogP contribution in [0, 0.1) is 0 Å². The number of hydrogen-bond acceptors (Lipinski definition) is 5. The van der Waals surface area contributed by atoms with E-state index in [9.17, 15) is 0 Å². The molecule has 0 bridgehead atoms. The first kappa shape index (κ1) is 13.8. The Morgan fingerprint density at radius 1 is 0.952 bits per heavy atom. The Bertz CT molecular complexity index is 539. The van der Waals surface area contributed by atoms with Gasteiger partial charge in [0.2, 0.25) is 0 Å². The van der Waals surface area contributed by atoms with Gasteiger partial charge in [-0.3, -0.25) is 4.90 Å². The summed E-state index contributed by atoms with van der Waals surface area (Å²) in [6.45, 7) is 4.12. The van der Waals surface area contributed by atoms with Crippen molar-refractivity contribution >= 4 is 0 Å². The smallest absolute Gasteiger partial charge is 0.321 e. The summed E-state index contributed by atoms with van der Waals surface area (Å²) >= 11 is 0. The molecule has 3 rings (SSSR count). The van der Waals surface area contributed by atoms with Crippen LogP contribution in [-0.4, -0.2) is 41.1 Å². The maximum atomic E-state index is 5.74. The molecule has 0 unspecified atom stereocenters. The summed E-state index contributed by atoms with van der Waals surface area (Å²) in [6, 6.07) is 9.64. The van der Waals surface area contributed by atoms with Crippen molar-refractivity contribution in [2.75, 3.05) is 26.2 Å². The molecule has 1 aliphatic heterocycles. The van der Waals surface area contributed by atoms with Gasteiger partial charge in [-0.1, -0.05) is 0 Å². The molecule has 2 aromatic rings. The first-order valence-electron chi connectivity index (χ1n) is 7.30. The normalized spacial score (nSPS) is 15.0. The molecule has 5 nitrogen and oxygen atoms in total. The first-order valence-corrected chi connectivity index (χ1v) is 7.30. The average molecular weight is 285 g/mol. The van der Waals surface area contributed by atoms with Gasteiger partial charge < -0.3 is 9.47 Å². The van der Waals surface area contributed by atoms with Crippen LogP contribution in [0.1, 0.15) is 12.8 Å². The molecule has 0 amide bonds. The molecule has 0 radical (unpaired) electrons. The van der Waals surface area contributed by atoms with Gasteiger partial charge >= 0.3 is 6.01 Å². The highest BCUT2D eigenvalue weighted by atomic mass is 16.5. The molecule has 1 fully saturated rings. The molecule has 1 aromatic carbocycles. The van der Waals surface area contributed by atoms with E-state index in [1.165, 1.54) is 25.9 Å². The minimum Gasteiger partial charge on any atom is -0.492 e. The molecule has 0 aliphatic carbocycles. The summed E-state index contributed by atoms with van der Waals surface area (Å²) in [5.41, 5.74) is 0. The van der Waals surface area contributed by atoms with Crippen molar-refractivity contribution in [2.24, 2.45) is 0 Å². The molecule has 0 atom stereocenters. The van der Waals surface area contributed by atoms with Crippen molar-refractivity contribution < 1.29 is 9.47 Å². The minimum atomic E-state index is 0.347. The van der Waals surface area contributed by atoms with Crippen LogP contribution in [0.4, 0.5) is 0 Å². The molecule has 0 N–H and O–H groups in total. The van der Waals surface area contributed by atoms with Crippen LogP contribution in [0.3, 0.4) is 0 Å². The van der Waals surface area contributed by atoms with Crippen LogP contribution >= 0.6 is 0 Å². The zero-order valence-electron chi connectivity index (χ0n) is 11.9. The van der Waals surface area contributed by atoms with Crippen LogP contribution in [0.15, 0.2) is 42.7 Å². The highest BCUT2D eigenvalue weighted by Gasteiger charge is 2.10. The third-order valence-electron chi connectivity index (χ3n) is 3.45. The monoisotopic (exact) mass is 285 g/mol. The van der Waals surface area contributed by atoms with Crippen molar-refractivity contribution in [3.05, 3.63) is 42.7 Å². The molecule has 110 valence electrons. The molecule has 1 aromatic heterocycles. The quantitative estimate of drug-likeness (QED) is 0.816. The molecule has 2 heterocycles. The Balaban J connectivity index is 1.47. The molecular weight excluding hydrogens is 266 g/mol. The van der Waals surface area contributed by atoms with E-state index in [4.69, 9.17) is 9.47 Å². The lowest BCUT2D eigenvalue weighted by Crippen LogP contribution is -2.25. The summed E-state index contributed by atoms with van der Waals surface area (Å²) in [5.74, 6) is 1.56. The van der Waals surface area contributed by atoms with Crippen LogP contribution < -0.4 is 9.47 Å². The van der Waals surface area contributed by atoms with E-state index >= 15 is 0 Å². The standard InChI is InChI=1S/C16H19N3O2/c1-2-11-19(10-1)12-13-20-14-4-6-15(7-5-14)21-16-17-8-3-9-18-16/h3-9H,1-2,10-13H2. The van der Waals surface area contributed by atoms with Gasteiger partial charge in [0.25, 0.3) is 0 Å². The average Bonchev–Trinajstić information content (AvgIpc) is 3.03. The van der Waals surface area contributed by atoms with Crippen molar-refractivity contribution in [2.45, 2.75) is 12.8 Å². The number of ether oxygens (including phenoxy) is 2. The van der Waals surface area contributed by atoms with Crippen molar-refractivity contribution in [1.82, 2.24) is 14.9 Å². The molecule has 21 heavy (non-hydrogen) atoms. The van der Waals surface area contributed by atoms with E-state index < -0.39 is 0 Å². The lowest BCUT2D eigenvalue weighted by molar-refractivity contribution is 0.237. The predicted molar refractivity (Wildman–Crippen MR) is 79.7 cm³/mol. The fraction of sp³-hybridized carbons (Fsp3) is 0.375. The van der Waals surface area contributed by atoms with E-state index in [-0.39, 0.29) is 0 Å². The van der Waals surface area contributed by atoms with Gasteiger partial charge in [0.05, 0.1) is 0 Å². The van der Waals surface area contributed by atoms with Gasteiger partial charge in [-0.15, -0.1) is 0 Å². The van der Waals surface area contributed by atoms with Crippen LogP contribution in [-0.2, 0) is 0 Å². The molecule has 1 saturated heterocycles. The van der Waals surface area contributed by atoms with E-state index in [0.29, 0.717) is 11.8 Å². The second kappa shape index (κ2) is 7.04. The van der Waals surface area contributed by atoms with Gasteiger partial charge in [0.1, 0.15) is 18.1 Å². The third kappa shape index (κ3) is 4.16. The zero-order chi connectivity index (χ0) is 14.3. The summed E-state index contributed by atoms with van der Waals surface area (Å²) in [6.07, 6.45) is 5.93. The minimum absolute atomic E-state index is 0.347. The number of likely N-dealkylation sites (tertiary alicyclic amines) is 1. The van der Waals surface area contributed by atoms with Crippen molar-refractivity contribution in [1.29, 1.82) is 0 Å². The Kier molecular flexibility index (Phi) is 4.63. The third-order valence-corrected chi connectivity index (χ3v) is 3.45. The van der Waals surface area contributed by atoms with Crippen LogP contribution in [0.2, 0.25) is 0 Å². The number of aromatic nitrogens is 2. The number of hydrogen-bond donors (Lipinski definition) is 0. The van der Waals surface area contributed by atoms with Gasteiger partial charge in [-0.2, -0.15) is 0 Å². The molecule has 0 saturated carbocycles. The topological polar surface area (TPSA) is 47.5 Å². The Labute approximate surface area is 124 Å². The van der Waals surface area contributed by atoms with Gasteiger partial charge in [0.15, 0.2) is 0 Å². The second-order valence-electron chi connectivity index (χ2n) is 5.00. The fourth-order valence-corrected chi connectivity index (χ4v) is 2.35. The Morgan fingerprint density at radius 3 is 2.33 bits per heavy atom. The number of rotatable bonds is 6. The summed E-state index contributed by atoms with van der Waals surface area (Å²) in [4.78, 5) is 10.5. The Morgan fingerprint density at radius 2 is 1.62 bits per heavy atom. The highest BCUT2D eigenvalue weighted by molar-refractivity contribution is 5.32. The second-order valence-corrected chi connectivity index (χ2v) is 5.00. The maximum Gasteiger partial charge on any atom is 0.321 e. The van der Waals surface area contributed by atoms with Gasteiger partial charge in [0, 0.05) is 18.9 Å². The molecule has 1 aliphatic rings. The van der Waals surface area contributed by atoms with E-state index in [1.807, 2.05) is 24.3 Å². The zero-order valence-corrected chi connectivity index (χ0v) is 11.9. The fourth-order valence-electron chi connectivity index (χ4n) is 2.35. The SMILES string of the molecule is c1cnc(Oc2ccc(OCCN3CCCC3)cc2)nc1. The Hall–Kier alpha value is -2.14. The maximum absolute atomic E-state index is 5.74. The van der Waals surface area contributed by atoms with Crippen molar-refractivity contribution in [3.8, 4) is 17.5 Å². The van der Waals surface area contributed by atoms with E-state index in [1.54, 1.807) is 18.5 Å². The number of benzene rings is 1. The van der Waals surface area contributed by atoms with Crippen molar-refractivity contribution in [3.63, 3.8) is 0 Å². The molecule has 5 heteroatoms. The van der Waals surface area contributed by atoms with Crippen LogP contribution in [0.25, 0.3) is 0 Å². The lowest BCUT2D eigenvalue weighted by atomic mass is 10.3. The van der Waals surface area contributed by atoms with Crippen LogP contribution in [0.5, 0.6) is 17.5 Å². The van der Waals surface area contributed by atoms with Gasteiger partial charge in [-0.25, -0.2) is 9.97 Å². The highest BCUT2D eigenvalue weighted by Crippen LogP contribution is 2.21. The summed E-state index contributed by atoms with van der Waals surface area (Å²) in [5, 5.41) is 0. The lowest BCUT2D eigenvalue weighted by Gasteiger charge is -2.15. The first-order chi connectivity index (χ1) is 10.4. The van der Waals surface area contributed by atoms with Gasteiger partial charge in [-0.05, 0) is 56.3 Å². The summed E-state index contributed by atoms with van der Waals surface area (Å²) < 4.78 is 11.3. The largest absolute Gasteiger partial charge is 0.492 e. The molecule has 0 spiro atoms. The molecular formula is C16H19N3O2. The number of nitrogens with zero attached hydrogens (tertiary/aromatic N) is 3. The summed E-state index contributed by atoms with van der Waals surface area (Å²) in [7, 11) is 0.